The fourth-order valence-corrected chi connectivity index (χ4v) is 18.2. The number of aryl methyl sites for hydroxylation is 2. The molecule has 0 amide bonds. The highest BCUT2D eigenvalue weighted by Gasteiger charge is 2.22. The molecule has 0 bridgehead atoms. The third kappa shape index (κ3) is 11.0. The van der Waals surface area contributed by atoms with Gasteiger partial charge < -0.3 is 13.4 Å². The van der Waals surface area contributed by atoms with Crippen LogP contribution >= 0.6 is 57.1 Å². The van der Waals surface area contributed by atoms with Crippen LogP contribution in [0.25, 0.3) is 172 Å². The van der Waals surface area contributed by atoms with Gasteiger partial charge in [-0.05, 0) is 232 Å². The number of aromatic nitrogens is 5. The van der Waals surface area contributed by atoms with Crippen molar-refractivity contribution < 1.29 is 8.83 Å². The second kappa shape index (κ2) is 24.4. The van der Waals surface area contributed by atoms with Crippen molar-refractivity contribution in [1.82, 2.24) is 24.7 Å². The average Bonchev–Trinajstić information content (AvgIpc) is 1.86. The summed E-state index contributed by atoms with van der Waals surface area (Å²) < 4.78 is 17.6. The standard InChI is InChI=1S/C85H55N5O2S5/c1-50-13-5-4-10-32-93-82(37-50)60-39-58(53-23-26-80-69(44-53)84-65(17-11-20-81(84)97-80)64-15-7-8-16-66(64)85-89-86-49-94-85)38-59(40-60)78-27-28-79(95-78)61-41-62(83-47-56-14-6-9-19-77(56)96-83)43-63(42-61)90-74-24-21-54(70-33-51(2)35-72(87-70)57-29-31-91-48-57)45-67(74)68-46-55(22-25-75(68)90)71-34-52(3)36-73(88-71)76-18-12-30-92-76/h4-31,33-49H,1,32H2,2-3H3/b10-4-,13-5-,82-37?. The second-order valence-corrected chi connectivity index (χ2v) is 29.6. The third-order valence-electron chi connectivity index (χ3n) is 18.0. The Balaban J connectivity index is 0.806. The normalized spacial score (nSPS) is 13.4. The molecule has 1 aliphatic heterocycles. The molecule has 0 aliphatic carbocycles. The summed E-state index contributed by atoms with van der Waals surface area (Å²) in [5.74, 6) is 1.57. The van der Waals surface area contributed by atoms with E-state index in [1.165, 1.54) is 55.4 Å². The van der Waals surface area contributed by atoms with E-state index >= 15 is 0 Å². The Morgan fingerprint density at radius 1 is 0.474 bits per heavy atom. The lowest BCUT2D eigenvalue weighted by atomic mass is 9.94. The molecule has 0 atom stereocenters. The van der Waals surface area contributed by atoms with Gasteiger partial charge in [-0.1, -0.05) is 115 Å². The molecule has 8 aromatic carbocycles. The highest BCUT2D eigenvalue weighted by molar-refractivity contribution is 8.08. The van der Waals surface area contributed by atoms with Crippen LogP contribution in [0.1, 0.15) is 16.7 Å². The number of furan rings is 2. The second-order valence-electron chi connectivity index (χ2n) is 24.5. The summed E-state index contributed by atoms with van der Waals surface area (Å²) in [6, 6.07) is 80.3. The Labute approximate surface area is 579 Å². The number of rotatable bonds is 12. The summed E-state index contributed by atoms with van der Waals surface area (Å²) >= 11 is 8.92. The van der Waals surface area contributed by atoms with Crippen LogP contribution in [0.15, 0.2) is 294 Å². The van der Waals surface area contributed by atoms with Crippen LogP contribution in [0.2, 0.25) is 0 Å². The molecule has 12 heteroatoms. The average molecular weight is 1340 g/mol. The van der Waals surface area contributed by atoms with Crippen molar-refractivity contribution in [2.75, 3.05) is 5.75 Å². The molecule has 7 nitrogen and oxygen atoms in total. The van der Waals surface area contributed by atoms with E-state index in [4.69, 9.17) is 18.8 Å². The first-order valence-corrected chi connectivity index (χ1v) is 36.2. The number of thiophene rings is 3. The van der Waals surface area contributed by atoms with Gasteiger partial charge in [-0.2, -0.15) is 0 Å². The molecule has 10 heterocycles. The van der Waals surface area contributed by atoms with Crippen molar-refractivity contribution >= 4 is 114 Å². The quantitative estimate of drug-likeness (QED) is 0.120. The van der Waals surface area contributed by atoms with Crippen LogP contribution in [0.4, 0.5) is 0 Å². The van der Waals surface area contributed by atoms with Gasteiger partial charge in [0.1, 0.15) is 16.2 Å². The Morgan fingerprint density at radius 3 is 1.90 bits per heavy atom. The highest BCUT2D eigenvalue weighted by atomic mass is 32.2. The van der Waals surface area contributed by atoms with Gasteiger partial charge in [-0.25, -0.2) is 9.97 Å². The van der Waals surface area contributed by atoms with Gasteiger partial charge in [0, 0.05) is 88.9 Å². The van der Waals surface area contributed by atoms with Crippen molar-refractivity contribution in [3.05, 3.63) is 302 Å². The first-order valence-electron chi connectivity index (χ1n) is 31.9. The monoisotopic (exact) mass is 1340 g/mol. The summed E-state index contributed by atoms with van der Waals surface area (Å²) in [5.41, 5.74) is 24.9. The van der Waals surface area contributed by atoms with Crippen molar-refractivity contribution in [2.45, 2.75) is 13.8 Å². The van der Waals surface area contributed by atoms with E-state index < -0.39 is 0 Å². The molecule has 17 aromatic rings. The number of fused-ring (bicyclic) bond motifs is 7. The SMILES string of the molecule is C=C1C=C(c2cc(-c3ccc4sc5cccc(-c6ccccc6-c6nncs6)c5c4c3)cc(-c3ccc(-c4cc(-c5cc6ccccc6s5)cc(-n5c6ccc(-c7cc(C)cc(-c8ccoc8)n7)cc6c6cc(-c7cc(C)cc(-c8ccco8)n7)ccc65)c4)s3)c2)SC/C=C\C=C/1. The first-order chi connectivity index (χ1) is 47.7. The molecule has 1 aliphatic rings. The van der Waals surface area contributed by atoms with Crippen LogP contribution in [0, 0.1) is 13.8 Å². The lowest BCUT2D eigenvalue weighted by Gasteiger charge is -2.14. The van der Waals surface area contributed by atoms with Crippen LogP contribution in [0.5, 0.6) is 0 Å². The molecule has 97 heavy (non-hydrogen) atoms. The van der Waals surface area contributed by atoms with Crippen molar-refractivity contribution in [2.24, 2.45) is 0 Å². The zero-order valence-electron chi connectivity index (χ0n) is 52.5. The number of benzene rings is 8. The van der Waals surface area contributed by atoms with Crippen molar-refractivity contribution in [3.8, 4) is 115 Å². The van der Waals surface area contributed by atoms with Gasteiger partial charge in [0.15, 0.2) is 5.76 Å². The van der Waals surface area contributed by atoms with Gasteiger partial charge in [0.25, 0.3) is 0 Å². The Kier molecular flexibility index (Phi) is 14.8. The third-order valence-corrected chi connectivity index (χ3v) is 23.2. The van der Waals surface area contributed by atoms with Gasteiger partial charge in [-0.3, -0.25) is 0 Å². The zero-order valence-corrected chi connectivity index (χ0v) is 56.6. The fourth-order valence-electron chi connectivity index (χ4n) is 13.5. The van der Waals surface area contributed by atoms with E-state index in [0.717, 1.165) is 145 Å². The molecule has 0 unspecified atom stereocenters. The summed E-state index contributed by atoms with van der Waals surface area (Å²) in [6.07, 6.45) is 15.9. The summed E-state index contributed by atoms with van der Waals surface area (Å²) in [4.78, 5) is 15.2. The molecule has 0 radical (unpaired) electrons. The summed E-state index contributed by atoms with van der Waals surface area (Å²) in [7, 11) is 0. The molecular weight excluding hydrogens is 1280 g/mol. The van der Waals surface area contributed by atoms with E-state index in [2.05, 4.69) is 266 Å². The predicted molar refractivity (Wildman–Crippen MR) is 412 cm³/mol. The molecule has 0 saturated heterocycles. The van der Waals surface area contributed by atoms with Gasteiger partial charge in [0.2, 0.25) is 0 Å². The van der Waals surface area contributed by atoms with Crippen LogP contribution < -0.4 is 0 Å². The number of hydrogen-bond donors (Lipinski definition) is 0. The predicted octanol–water partition coefficient (Wildman–Crippen LogP) is 25.3. The molecule has 9 aromatic heterocycles. The van der Waals surface area contributed by atoms with E-state index in [0.29, 0.717) is 0 Å². The summed E-state index contributed by atoms with van der Waals surface area (Å²) in [6.45, 7) is 8.72. The zero-order chi connectivity index (χ0) is 64.7. The maximum atomic E-state index is 5.89. The molecule has 0 spiro atoms. The maximum Gasteiger partial charge on any atom is 0.152 e. The van der Waals surface area contributed by atoms with E-state index in [-0.39, 0.29) is 0 Å². The van der Waals surface area contributed by atoms with Gasteiger partial charge >= 0.3 is 0 Å². The largest absolute Gasteiger partial charge is 0.472 e. The Morgan fingerprint density at radius 2 is 1.14 bits per heavy atom. The van der Waals surface area contributed by atoms with E-state index in [1.54, 1.807) is 30.1 Å². The molecule has 0 saturated carbocycles. The topological polar surface area (TPSA) is 82.8 Å². The Bertz CT molecular complexity index is 5900. The summed E-state index contributed by atoms with van der Waals surface area (Å²) in [5, 5.41) is 15.6. The highest BCUT2D eigenvalue weighted by Crippen LogP contribution is 2.48. The van der Waals surface area contributed by atoms with Crippen LogP contribution in [-0.2, 0) is 0 Å². The number of nitrogens with zero attached hydrogens (tertiary/aromatic N) is 5. The minimum atomic E-state index is 0.734. The smallest absolute Gasteiger partial charge is 0.152 e. The van der Waals surface area contributed by atoms with Crippen LogP contribution in [0.3, 0.4) is 0 Å². The van der Waals surface area contributed by atoms with Crippen molar-refractivity contribution in [1.29, 1.82) is 0 Å². The Hall–Kier alpha value is -10.8. The van der Waals surface area contributed by atoms with Crippen LogP contribution in [-0.4, -0.2) is 30.5 Å². The van der Waals surface area contributed by atoms with E-state index in [1.807, 2.05) is 69.5 Å². The lowest BCUT2D eigenvalue weighted by molar-refractivity contribution is 0.568. The minimum absolute atomic E-state index is 0.734. The fraction of sp³-hybridized carbons (Fsp3) is 0.0353. The molecule has 462 valence electrons. The van der Waals surface area contributed by atoms with Crippen molar-refractivity contribution in [3.63, 3.8) is 0 Å². The van der Waals surface area contributed by atoms with E-state index in [9.17, 15) is 0 Å². The molecule has 18 rings (SSSR count). The number of allylic oxidation sites excluding steroid dienone is 5. The van der Waals surface area contributed by atoms with Gasteiger partial charge in [-0.15, -0.1) is 56.0 Å². The minimum Gasteiger partial charge on any atom is -0.472 e. The molecular formula is C85H55N5O2S5. The molecule has 0 fully saturated rings. The lowest BCUT2D eigenvalue weighted by Crippen LogP contribution is -1.96. The number of pyridine rings is 2. The number of thioether (sulfide) groups is 1. The first kappa shape index (κ1) is 58.7. The maximum absolute atomic E-state index is 5.89. The number of hydrogen-bond acceptors (Lipinski definition) is 11. The van der Waals surface area contributed by atoms with Gasteiger partial charge in [0.05, 0.1) is 46.9 Å². The molecule has 0 N–H and O–H groups in total.